The largest absolute Gasteiger partial charge is 0.355 e. The van der Waals surface area contributed by atoms with Crippen LogP contribution in [0, 0.1) is 0 Å². The second-order valence-electron chi connectivity index (χ2n) is 4.65. The van der Waals surface area contributed by atoms with Crippen LogP contribution in [0.5, 0.6) is 0 Å². The number of rotatable bonds is 3. The average Bonchev–Trinajstić information content (AvgIpc) is 2.39. The van der Waals surface area contributed by atoms with Crippen molar-refractivity contribution in [1.82, 2.24) is 14.9 Å². The summed E-state index contributed by atoms with van der Waals surface area (Å²) in [6, 6.07) is 0.561. The van der Waals surface area contributed by atoms with Crippen molar-refractivity contribution in [1.29, 1.82) is 0 Å². The summed E-state index contributed by atoms with van der Waals surface area (Å²) in [4.78, 5) is 13.3. The van der Waals surface area contributed by atoms with Gasteiger partial charge in [0.05, 0.1) is 17.8 Å². The van der Waals surface area contributed by atoms with E-state index in [0.29, 0.717) is 11.9 Å². The molecular weight excluding hydrogens is 236 g/mol. The second-order valence-corrected chi connectivity index (χ2v) is 4.91. The van der Waals surface area contributed by atoms with E-state index < -0.39 is 0 Å². The highest BCUT2D eigenvalue weighted by molar-refractivity contribution is 6.16. The molecule has 4 nitrogen and oxygen atoms in total. The Morgan fingerprint density at radius 2 is 2.12 bits per heavy atom. The molecule has 1 aliphatic heterocycles. The van der Waals surface area contributed by atoms with Gasteiger partial charge in [-0.1, -0.05) is 0 Å². The number of piperidine rings is 1. The number of hydrogen-bond donors (Lipinski definition) is 0. The zero-order chi connectivity index (χ0) is 12.3. The van der Waals surface area contributed by atoms with Crippen LogP contribution in [0.15, 0.2) is 12.4 Å². The number of hydrogen-bond acceptors (Lipinski definition) is 4. The van der Waals surface area contributed by atoms with Crippen molar-refractivity contribution in [3.05, 3.63) is 18.1 Å². The van der Waals surface area contributed by atoms with Gasteiger partial charge in [-0.25, -0.2) is 4.98 Å². The lowest BCUT2D eigenvalue weighted by Gasteiger charge is -2.35. The Hall–Kier alpha value is -0.870. The van der Waals surface area contributed by atoms with E-state index >= 15 is 0 Å². The summed E-state index contributed by atoms with van der Waals surface area (Å²) in [5.41, 5.74) is 0.837. The van der Waals surface area contributed by atoms with Crippen molar-refractivity contribution < 1.29 is 0 Å². The summed E-state index contributed by atoms with van der Waals surface area (Å²) < 4.78 is 0. The highest BCUT2D eigenvalue weighted by Crippen LogP contribution is 2.19. The quantitative estimate of drug-likeness (QED) is 0.770. The van der Waals surface area contributed by atoms with Crippen LogP contribution in [0.4, 0.5) is 5.82 Å². The van der Waals surface area contributed by atoms with Crippen LogP contribution in [0.25, 0.3) is 0 Å². The summed E-state index contributed by atoms with van der Waals surface area (Å²) in [5.74, 6) is 1.35. The fourth-order valence-electron chi connectivity index (χ4n) is 2.20. The lowest BCUT2D eigenvalue weighted by atomic mass is 10.0. The topological polar surface area (TPSA) is 32.3 Å². The number of nitrogens with zero attached hydrogens (tertiary/aromatic N) is 4. The zero-order valence-electron chi connectivity index (χ0n) is 10.4. The van der Waals surface area contributed by atoms with Gasteiger partial charge in [0.25, 0.3) is 0 Å². The summed E-state index contributed by atoms with van der Waals surface area (Å²) in [6.07, 6.45) is 5.90. The van der Waals surface area contributed by atoms with Crippen molar-refractivity contribution in [2.75, 3.05) is 32.1 Å². The van der Waals surface area contributed by atoms with E-state index in [4.69, 9.17) is 11.6 Å². The molecule has 1 aliphatic rings. The average molecular weight is 255 g/mol. The molecule has 5 heteroatoms. The van der Waals surface area contributed by atoms with Crippen LogP contribution in [-0.2, 0) is 5.88 Å². The number of alkyl halides is 1. The van der Waals surface area contributed by atoms with Crippen molar-refractivity contribution in [2.24, 2.45) is 0 Å². The molecule has 94 valence electrons. The molecule has 0 N–H and O–H groups in total. The molecule has 0 aromatic carbocycles. The van der Waals surface area contributed by atoms with E-state index in [1.807, 2.05) is 6.20 Å². The van der Waals surface area contributed by atoms with Crippen LogP contribution in [-0.4, -0.2) is 48.1 Å². The molecule has 1 aromatic rings. The third-order valence-electron chi connectivity index (χ3n) is 3.41. The Balaban J connectivity index is 2.05. The summed E-state index contributed by atoms with van der Waals surface area (Å²) in [7, 11) is 4.27. The first-order chi connectivity index (χ1) is 8.20. The highest BCUT2D eigenvalue weighted by Gasteiger charge is 2.21. The van der Waals surface area contributed by atoms with Crippen LogP contribution in [0.1, 0.15) is 18.5 Å². The number of likely N-dealkylation sites (tertiary alicyclic amines) is 1. The molecule has 0 bridgehead atoms. The van der Waals surface area contributed by atoms with Crippen LogP contribution in [0.3, 0.4) is 0 Å². The van der Waals surface area contributed by atoms with Crippen molar-refractivity contribution in [3.63, 3.8) is 0 Å². The molecular formula is C12H19ClN4. The molecule has 0 aliphatic carbocycles. The van der Waals surface area contributed by atoms with E-state index in [-0.39, 0.29) is 0 Å². The molecule has 2 rings (SSSR count). The van der Waals surface area contributed by atoms with Crippen molar-refractivity contribution in [3.8, 4) is 0 Å². The number of halogens is 1. The van der Waals surface area contributed by atoms with Gasteiger partial charge in [-0.05, 0) is 33.0 Å². The van der Waals surface area contributed by atoms with Crippen LogP contribution in [0.2, 0.25) is 0 Å². The maximum atomic E-state index is 5.78. The molecule has 2 heterocycles. The van der Waals surface area contributed by atoms with Gasteiger partial charge in [0.2, 0.25) is 0 Å². The van der Waals surface area contributed by atoms with Crippen molar-refractivity contribution in [2.45, 2.75) is 24.8 Å². The maximum absolute atomic E-state index is 5.78. The lowest BCUT2D eigenvalue weighted by molar-refractivity contribution is 0.252. The molecule has 0 atom stereocenters. The predicted molar refractivity (Wildman–Crippen MR) is 70.5 cm³/mol. The fraction of sp³-hybridized carbons (Fsp3) is 0.667. The summed E-state index contributed by atoms with van der Waals surface area (Å²) in [6.45, 7) is 2.30. The maximum Gasteiger partial charge on any atom is 0.147 e. The molecule has 1 fully saturated rings. The minimum atomic E-state index is 0.419. The first-order valence-corrected chi connectivity index (χ1v) is 6.52. The monoisotopic (exact) mass is 254 g/mol. The second kappa shape index (κ2) is 5.65. The van der Waals surface area contributed by atoms with Gasteiger partial charge in [-0.15, -0.1) is 11.6 Å². The first kappa shape index (κ1) is 12.6. The van der Waals surface area contributed by atoms with E-state index in [2.05, 4.69) is 33.9 Å². The van der Waals surface area contributed by atoms with Gasteiger partial charge in [-0.3, -0.25) is 4.98 Å². The van der Waals surface area contributed by atoms with Gasteiger partial charge in [0.1, 0.15) is 5.82 Å². The zero-order valence-corrected chi connectivity index (χ0v) is 11.2. The molecule has 0 spiro atoms. The van der Waals surface area contributed by atoms with Gasteiger partial charge in [0, 0.05) is 19.3 Å². The Labute approximate surface area is 108 Å². The van der Waals surface area contributed by atoms with Gasteiger partial charge >= 0.3 is 0 Å². The van der Waals surface area contributed by atoms with E-state index in [0.717, 1.165) is 24.6 Å². The number of anilines is 1. The third-order valence-corrected chi connectivity index (χ3v) is 3.68. The van der Waals surface area contributed by atoms with Crippen LogP contribution < -0.4 is 4.90 Å². The highest BCUT2D eigenvalue weighted by atomic mass is 35.5. The van der Waals surface area contributed by atoms with E-state index in [1.165, 1.54) is 12.8 Å². The lowest BCUT2D eigenvalue weighted by Crippen LogP contribution is -2.42. The number of aromatic nitrogens is 2. The van der Waals surface area contributed by atoms with Gasteiger partial charge < -0.3 is 9.80 Å². The Bertz CT molecular complexity index is 363. The molecule has 17 heavy (non-hydrogen) atoms. The van der Waals surface area contributed by atoms with E-state index in [1.54, 1.807) is 6.20 Å². The summed E-state index contributed by atoms with van der Waals surface area (Å²) >= 11 is 5.78. The summed E-state index contributed by atoms with van der Waals surface area (Å²) in [5, 5.41) is 0. The Morgan fingerprint density at radius 1 is 1.41 bits per heavy atom. The minimum Gasteiger partial charge on any atom is -0.355 e. The molecule has 0 unspecified atom stereocenters. The smallest absolute Gasteiger partial charge is 0.147 e. The molecule has 0 amide bonds. The van der Waals surface area contributed by atoms with Gasteiger partial charge in [0.15, 0.2) is 0 Å². The predicted octanol–water partition coefficient (Wildman–Crippen LogP) is 1.75. The van der Waals surface area contributed by atoms with Crippen LogP contribution >= 0.6 is 11.6 Å². The first-order valence-electron chi connectivity index (χ1n) is 5.99. The standard InChI is InChI=1S/C12H19ClN4/c1-16-5-3-11(4-6-16)17(2)12-9-14-8-10(7-13)15-12/h8-9,11H,3-7H2,1-2H3. The molecule has 0 radical (unpaired) electrons. The molecule has 0 saturated carbocycles. The normalized spacial score (nSPS) is 18.3. The molecule has 1 aromatic heterocycles. The fourth-order valence-corrected chi connectivity index (χ4v) is 2.33. The van der Waals surface area contributed by atoms with Crippen molar-refractivity contribution >= 4 is 17.4 Å². The SMILES string of the molecule is CN1CCC(N(C)c2cncc(CCl)n2)CC1. The third kappa shape index (κ3) is 3.07. The van der Waals surface area contributed by atoms with E-state index in [9.17, 15) is 0 Å². The Morgan fingerprint density at radius 3 is 2.76 bits per heavy atom. The minimum absolute atomic E-state index is 0.419. The van der Waals surface area contributed by atoms with Gasteiger partial charge in [-0.2, -0.15) is 0 Å². The Kier molecular flexibility index (Phi) is 4.18. The molecule has 1 saturated heterocycles.